The molecule has 1 heterocycles. The van der Waals surface area contributed by atoms with Crippen molar-refractivity contribution in [1.82, 2.24) is 4.31 Å². The highest BCUT2D eigenvalue weighted by Gasteiger charge is 2.45. The second-order valence-electron chi connectivity index (χ2n) is 5.58. The van der Waals surface area contributed by atoms with E-state index in [0.717, 1.165) is 18.4 Å². The summed E-state index contributed by atoms with van der Waals surface area (Å²) >= 11 is 0. The van der Waals surface area contributed by atoms with Crippen LogP contribution in [0.5, 0.6) is 0 Å². The molecule has 3 nitrogen and oxygen atoms in total. The lowest BCUT2D eigenvalue weighted by Crippen LogP contribution is -2.30. The molecular weight excluding hydrogens is 258 g/mol. The Morgan fingerprint density at radius 3 is 2.74 bits per heavy atom. The van der Waals surface area contributed by atoms with Crippen LogP contribution in [0.4, 0.5) is 0 Å². The van der Waals surface area contributed by atoms with E-state index >= 15 is 0 Å². The second kappa shape index (κ2) is 4.76. The maximum Gasteiger partial charge on any atom is 0.217 e. The number of hydrogen-bond acceptors (Lipinski definition) is 2. The quantitative estimate of drug-likeness (QED) is 0.779. The van der Waals surface area contributed by atoms with Gasteiger partial charge in [0.15, 0.2) is 0 Å². The van der Waals surface area contributed by atoms with E-state index in [0.29, 0.717) is 13.1 Å². The molecule has 1 fully saturated rings. The van der Waals surface area contributed by atoms with Gasteiger partial charge in [-0.2, -0.15) is 4.31 Å². The van der Waals surface area contributed by atoms with Gasteiger partial charge in [0.1, 0.15) is 0 Å². The summed E-state index contributed by atoms with van der Waals surface area (Å²) in [5, 5.41) is -0.195. The smallest absolute Gasteiger partial charge is 0.212 e. The predicted molar refractivity (Wildman–Crippen MR) is 76.0 cm³/mol. The molecule has 0 radical (unpaired) electrons. The van der Waals surface area contributed by atoms with Gasteiger partial charge in [-0.25, -0.2) is 8.42 Å². The molecule has 0 unspecified atom stereocenters. The van der Waals surface area contributed by atoms with Gasteiger partial charge in [-0.05, 0) is 25.3 Å². The lowest BCUT2D eigenvalue weighted by molar-refractivity contribution is 0.412. The van der Waals surface area contributed by atoms with Crippen molar-refractivity contribution in [3.63, 3.8) is 0 Å². The first-order valence-corrected chi connectivity index (χ1v) is 8.28. The van der Waals surface area contributed by atoms with E-state index < -0.39 is 10.0 Å². The van der Waals surface area contributed by atoms with Gasteiger partial charge in [0, 0.05) is 19.0 Å². The number of hydrogen-bond donors (Lipinski definition) is 0. The molecule has 2 atom stereocenters. The van der Waals surface area contributed by atoms with Crippen LogP contribution < -0.4 is 0 Å². The van der Waals surface area contributed by atoms with E-state index in [2.05, 4.69) is 13.0 Å². The number of nitrogens with zero attached hydrogens (tertiary/aromatic N) is 1. The van der Waals surface area contributed by atoms with Crippen molar-refractivity contribution in [2.24, 2.45) is 5.92 Å². The van der Waals surface area contributed by atoms with Crippen molar-refractivity contribution in [3.8, 4) is 0 Å². The first-order chi connectivity index (χ1) is 9.07. The van der Waals surface area contributed by atoms with Gasteiger partial charge >= 0.3 is 0 Å². The maximum atomic E-state index is 12.5. The normalized spacial score (nSPS) is 29.8. The van der Waals surface area contributed by atoms with Crippen LogP contribution in [0.25, 0.3) is 0 Å². The minimum absolute atomic E-state index is 0.183. The van der Waals surface area contributed by atoms with Crippen LogP contribution in [-0.2, 0) is 16.6 Å². The van der Waals surface area contributed by atoms with Crippen LogP contribution in [-0.4, -0.2) is 24.5 Å². The van der Waals surface area contributed by atoms with E-state index in [1.54, 1.807) is 4.31 Å². The lowest BCUT2D eigenvalue weighted by atomic mass is 9.91. The van der Waals surface area contributed by atoms with E-state index in [4.69, 9.17) is 0 Å². The van der Waals surface area contributed by atoms with Crippen LogP contribution in [0.1, 0.15) is 25.3 Å². The zero-order chi connectivity index (χ0) is 13.5. The summed E-state index contributed by atoms with van der Waals surface area (Å²) in [6.45, 7) is 3.24. The first-order valence-electron chi connectivity index (χ1n) is 6.77. The summed E-state index contributed by atoms with van der Waals surface area (Å²) in [7, 11) is -3.12. The Kier molecular flexibility index (Phi) is 3.23. The molecule has 1 saturated heterocycles. The third kappa shape index (κ3) is 2.35. The van der Waals surface area contributed by atoms with Crippen molar-refractivity contribution in [3.05, 3.63) is 47.5 Å². The van der Waals surface area contributed by atoms with Crippen molar-refractivity contribution in [2.45, 2.75) is 31.6 Å². The van der Waals surface area contributed by atoms with Gasteiger partial charge in [-0.15, -0.1) is 0 Å². The summed E-state index contributed by atoms with van der Waals surface area (Å²) < 4.78 is 26.7. The fraction of sp³-hybridized carbons (Fsp3) is 0.467. The summed E-state index contributed by atoms with van der Waals surface area (Å²) in [6, 6.07) is 9.83. The molecule has 0 spiro atoms. The average molecular weight is 277 g/mol. The Morgan fingerprint density at radius 1 is 1.26 bits per heavy atom. The molecule has 19 heavy (non-hydrogen) atoms. The van der Waals surface area contributed by atoms with Gasteiger partial charge < -0.3 is 0 Å². The molecule has 1 aliphatic heterocycles. The monoisotopic (exact) mass is 277 g/mol. The number of rotatable bonds is 2. The Bertz CT molecular complexity index is 592. The van der Waals surface area contributed by atoms with Gasteiger partial charge in [-0.1, -0.05) is 42.0 Å². The van der Waals surface area contributed by atoms with Gasteiger partial charge in [-0.3, -0.25) is 0 Å². The fourth-order valence-electron chi connectivity index (χ4n) is 3.15. The number of fused-ring (bicyclic) bond motifs is 1. The van der Waals surface area contributed by atoms with Crippen molar-refractivity contribution < 1.29 is 8.42 Å². The van der Waals surface area contributed by atoms with E-state index in [9.17, 15) is 8.42 Å². The molecule has 3 rings (SSSR count). The van der Waals surface area contributed by atoms with Crippen LogP contribution in [0, 0.1) is 5.92 Å². The van der Waals surface area contributed by atoms with Crippen LogP contribution >= 0.6 is 0 Å². The number of benzene rings is 1. The van der Waals surface area contributed by atoms with Gasteiger partial charge in [0.25, 0.3) is 0 Å². The SMILES string of the molecule is CC1=C[C@@H]2CN(Cc3ccccc3)S(=O)(=O)[C@@H]2CC1. The molecule has 0 bridgehead atoms. The topological polar surface area (TPSA) is 37.4 Å². The van der Waals surface area contributed by atoms with Gasteiger partial charge in [0.2, 0.25) is 10.0 Å². The molecule has 1 aromatic rings. The zero-order valence-corrected chi connectivity index (χ0v) is 11.9. The van der Waals surface area contributed by atoms with E-state index in [-0.39, 0.29) is 11.2 Å². The molecule has 0 N–H and O–H groups in total. The molecule has 4 heteroatoms. The van der Waals surface area contributed by atoms with Crippen LogP contribution in [0.2, 0.25) is 0 Å². The summed E-state index contributed by atoms with van der Waals surface area (Å²) in [4.78, 5) is 0. The van der Waals surface area contributed by atoms with E-state index in [1.165, 1.54) is 5.57 Å². The largest absolute Gasteiger partial charge is 0.217 e. The molecule has 0 aromatic heterocycles. The highest BCUT2D eigenvalue weighted by molar-refractivity contribution is 7.90. The minimum Gasteiger partial charge on any atom is -0.212 e. The number of sulfonamides is 1. The van der Waals surface area contributed by atoms with Crippen LogP contribution in [0.3, 0.4) is 0 Å². The van der Waals surface area contributed by atoms with E-state index in [1.807, 2.05) is 30.3 Å². The fourth-order valence-corrected chi connectivity index (χ4v) is 5.27. The summed E-state index contributed by atoms with van der Waals surface area (Å²) in [5.41, 5.74) is 2.39. The Balaban J connectivity index is 1.85. The maximum absolute atomic E-state index is 12.5. The molecule has 2 aliphatic rings. The Hall–Kier alpha value is -1.13. The average Bonchev–Trinajstić information content (AvgIpc) is 2.62. The third-order valence-corrected chi connectivity index (χ3v) is 6.51. The highest BCUT2D eigenvalue weighted by Crippen LogP contribution is 2.37. The molecule has 0 amide bonds. The third-order valence-electron chi connectivity index (χ3n) is 4.16. The first kappa shape index (κ1) is 12.9. The summed E-state index contributed by atoms with van der Waals surface area (Å²) in [6.07, 6.45) is 3.86. The summed E-state index contributed by atoms with van der Waals surface area (Å²) in [5.74, 6) is 0.183. The highest BCUT2D eigenvalue weighted by atomic mass is 32.2. The van der Waals surface area contributed by atoms with Gasteiger partial charge in [0.05, 0.1) is 5.25 Å². The van der Waals surface area contributed by atoms with Crippen LogP contribution in [0.15, 0.2) is 42.0 Å². The predicted octanol–water partition coefficient (Wildman–Crippen LogP) is 2.56. The van der Waals surface area contributed by atoms with Crippen molar-refractivity contribution >= 4 is 10.0 Å². The molecule has 1 aromatic carbocycles. The van der Waals surface area contributed by atoms with Crippen molar-refractivity contribution in [2.75, 3.05) is 6.54 Å². The molecule has 0 saturated carbocycles. The van der Waals surface area contributed by atoms with Crippen molar-refractivity contribution in [1.29, 1.82) is 0 Å². The standard InChI is InChI=1S/C15H19NO2S/c1-12-7-8-15-14(9-12)11-16(19(15,17)18)10-13-5-3-2-4-6-13/h2-6,9,14-15H,7-8,10-11H2,1H3/t14-,15-/m1/s1. The molecule has 1 aliphatic carbocycles. The number of allylic oxidation sites excluding steroid dienone is 1. The second-order valence-corrected chi connectivity index (χ2v) is 7.73. The minimum atomic E-state index is -3.12. The Labute approximate surface area is 115 Å². The zero-order valence-electron chi connectivity index (χ0n) is 11.1. The lowest BCUT2D eigenvalue weighted by Gasteiger charge is -2.20. The Morgan fingerprint density at radius 2 is 2.00 bits per heavy atom. The molecule has 102 valence electrons. The molecular formula is C15H19NO2S.